The highest BCUT2D eigenvalue weighted by molar-refractivity contribution is 6.34. The summed E-state index contributed by atoms with van der Waals surface area (Å²) in [4.78, 5) is 31.9. The lowest BCUT2D eigenvalue weighted by Crippen LogP contribution is -2.32. The zero-order valence-corrected chi connectivity index (χ0v) is 8.58. The lowest BCUT2D eigenvalue weighted by atomic mass is 10.1. The van der Waals surface area contributed by atoms with E-state index < -0.39 is 17.8 Å². The number of nitrogens with one attached hydrogen (secondary N) is 1. The zero-order valence-electron chi connectivity index (χ0n) is 8.58. The van der Waals surface area contributed by atoms with Gasteiger partial charge in [0, 0.05) is 5.56 Å². The van der Waals surface area contributed by atoms with Crippen LogP contribution in [-0.4, -0.2) is 29.1 Å². The SMILES string of the molecule is NC(=O)C(=O)N/N=C\c1ccccc1C(=O)O. The molecule has 0 fully saturated rings. The number of rotatable bonds is 3. The van der Waals surface area contributed by atoms with Crippen molar-refractivity contribution >= 4 is 24.0 Å². The van der Waals surface area contributed by atoms with Crippen LogP contribution < -0.4 is 11.2 Å². The summed E-state index contributed by atoms with van der Waals surface area (Å²) in [6, 6.07) is 6.06. The van der Waals surface area contributed by atoms with E-state index in [1.54, 1.807) is 12.1 Å². The smallest absolute Gasteiger partial charge is 0.336 e. The van der Waals surface area contributed by atoms with Crippen molar-refractivity contribution in [3.63, 3.8) is 0 Å². The van der Waals surface area contributed by atoms with Gasteiger partial charge >= 0.3 is 17.8 Å². The fourth-order valence-corrected chi connectivity index (χ4v) is 1.02. The number of hydrazone groups is 1. The second kappa shape index (κ2) is 5.40. The number of hydrogen-bond acceptors (Lipinski definition) is 4. The van der Waals surface area contributed by atoms with E-state index in [4.69, 9.17) is 5.11 Å². The molecule has 0 unspecified atom stereocenters. The summed E-state index contributed by atoms with van der Waals surface area (Å²) in [6.45, 7) is 0. The Balaban J connectivity index is 2.81. The van der Waals surface area contributed by atoms with Gasteiger partial charge in [-0.2, -0.15) is 5.10 Å². The highest BCUT2D eigenvalue weighted by atomic mass is 16.4. The minimum absolute atomic E-state index is 0.0320. The van der Waals surface area contributed by atoms with Gasteiger partial charge in [0.25, 0.3) is 0 Å². The first-order valence-corrected chi connectivity index (χ1v) is 4.47. The van der Waals surface area contributed by atoms with Crippen LogP contribution in [0.2, 0.25) is 0 Å². The number of nitrogens with zero attached hydrogens (tertiary/aromatic N) is 1. The maximum atomic E-state index is 10.8. The Morgan fingerprint density at radius 2 is 1.94 bits per heavy atom. The van der Waals surface area contributed by atoms with E-state index in [1.807, 2.05) is 5.43 Å². The molecule has 0 aliphatic carbocycles. The highest BCUT2D eigenvalue weighted by Gasteiger charge is 2.08. The summed E-state index contributed by atoms with van der Waals surface area (Å²) in [5.74, 6) is -3.36. The number of amides is 2. The van der Waals surface area contributed by atoms with Crippen molar-refractivity contribution in [3.05, 3.63) is 35.4 Å². The number of primary amides is 1. The Labute approximate surface area is 95.9 Å². The van der Waals surface area contributed by atoms with Gasteiger partial charge in [-0.1, -0.05) is 18.2 Å². The van der Waals surface area contributed by atoms with Crippen molar-refractivity contribution in [1.82, 2.24) is 5.43 Å². The molecular formula is C10H9N3O4. The summed E-state index contributed by atoms with van der Waals surface area (Å²) in [5.41, 5.74) is 6.86. The molecule has 1 aromatic rings. The molecule has 0 spiro atoms. The summed E-state index contributed by atoms with van der Waals surface area (Å²) < 4.78 is 0. The van der Waals surface area contributed by atoms with Crippen molar-refractivity contribution in [3.8, 4) is 0 Å². The summed E-state index contributed by atoms with van der Waals surface area (Å²) in [5, 5.41) is 12.3. The molecule has 1 rings (SSSR count). The minimum atomic E-state index is -1.17. The molecule has 0 heterocycles. The average molecular weight is 235 g/mol. The molecule has 0 saturated carbocycles. The number of carbonyl (C=O) groups excluding carboxylic acids is 2. The molecule has 4 N–H and O–H groups in total. The largest absolute Gasteiger partial charge is 0.478 e. The van der Waals surface area contributed by atoms with E-state index in [1.165, 1.54) is 12.1 Å². The van der Waals surface area contributed by atoms with E-state index in [0.717, 1.165) is 6.21 Å². The molecule has 2 amide bonds. The van der Waals surface area contributed by atoms with Gasteiger partial charge in [0.05, 0.1) is 11.8 Å². The number of benzene rings is 1. The third-order valence-electron chi connectivity index (χ3n) is 1.78. The van der Waals surface area contributed by atoms with Gasteiger partial charge in [0.2, 0.25) is 0 Å². The molecule has 0 bridgehead atoms. The normalized spacial score (nSPS) is 10.1. The Kier molecular flexibility index (Phi) is 3.93. The van der Waals surface area contributed by atoms with Crippen LogP contribution in [0.5, 0.6) is 0 Å². The molecule has 88 valence electrons. The highest BCUT2D eigenvalue weighted by Crippen LogP contribution is 2.05. The van der Waals surface area contributed by atoms with Gasteiger partial charge in [-0.15, -0.1) is 0 Å². The monoisotopic (exact) mass is 235 g/mol. The van der Waals surface area contributed by atoms with E-state index in [9.17, 15) is 14.4 Å². The Hall–Kier alpha value is -2.70. The average Bonchev–Trinajstić information content (AvgIpc) is 2.29. The molecule has 17 heavy (non-hydrogen) atoms. The molecule has 0 aliphatic rings. The van der Waals surface area contributed by atoms with Crippen molar-refractivity contribution < 1.29 is 19.5 Å². The van der Waals surface area contributed by atoms with Crippen LogP contribution in [0.15, 0.2) is 29.4 Å². The van der Waals surface area contributed by atoms with Crippen LogP contribution in [0.4, 0.5) is 0 Å². The van der Waals surface area contributed by atoms with Crippen LogP contribution in [0, 0.1) is 0 Å². The molecule has 0 radical (unpaired) electrons. The van der Waals surface area contributed by atoms with E-state index in [2.05, 4.69) is 10.8 Å². The van der Waals surface area contributed by atoms with Crippen molar-refractivity contribution in [2.24, 2.45) is 10.8 Å². The quantitative estimate of drug-likeness (QED) is 0.365. The van der Waals surface area contributed by atoms with Gasteiger partial charge in [0.15, 0.2) is 0 Å². The topological polar surface area (TPSA) is 122 Å². The predicted octanol–water partition coefficient (Wildman–Crippen LogP) is -0.680. The van der Waals surface area contributed by atoms with E-state index in [-0.39, 0.29) is 5.56 Å². The molecule has 7 nitrogen and oxygen atoms in total. The van der Waals surface area contributed by atoms with Gasteiger partial charge in [0.1, 0.15) is 0 Å². The number of nitrogens with two attached hydrogens (primary N) is 1. The van der Waals surface area contributed by atoms with Gasteiger partial charge < -0.3 is 10.8 Å². The molecule has 0 saturated heterocycles. The molecule has 0 aromatic heterocycles. The Morgan fingerprint density at radius 3 is 2.53 bits per heavy atom. The Morgan fingerprint density at radius 1 is 1.29 bits per heavy atom. The number of hydrogen-bond donors (Lipinski definition) is 3. The summed E-state index contributed by atoms with van der Waals surface area (Å²) in [7, 11) is 0. The van der Waals surface area contributed by atoms with Gasteiger partial charge in [-0.05, 0) is 6.07 Å². The first kappa shape index (κ1) is 12.4. The summed E-state index contributed by atoms with van der Waals surface area (Å²) >= 11 is 0. The third-order valence-corrected chi connectivity index (χ3v) is 1.78. The van der Waals surface area contributed by atoms with Crippen LogP contribution in [0.1, 0.15) is 15.9 Å². The Bertz CT molecular complexity index is 496. The third kappa shape index (κ3) is 3.42. The maximum Gasteiger partial charge on any atom is 0.336 e. The van der Waals surface area contributed by atoms with Crippen LogP contribution >= 0.6 is 0 Å². The second-order valence-electron chi connectivity index (χ2n) is 2.96. The zero-order chi connectivity index (χ0) is 12.8. The molecule has 0 atom stereocenters. The van der Waals surface area contributed by atoms with E-state index in [0.29, 0.717) is 5.56 Å². The first-order chi connectivity index (χ1) is 8.02. The number of carbonyl (C=O) groups is 3. The lowest BCUT2D eigenvalue weighted by Gasteiger charge is -1.99. The molecule has 1 aromatic carbocycles. The predicted molar refractivity (Wildman–Crippen MR) is 58.3 cm³/mol. The molecule has 0 aliphatic heterocycles. The first-order valence-electron chi connectivity index (χ1n) is 4.47. The van der Waals surface area contributed by atoms with Crippen LogP contribution in [0.3, 0.4) is 0 Å². The van der Waals surface area contributed by atoms with Gasteiger partial charge in [-0.25, -0.2) is 10.2 Å². The number of carboxylic acids is 1. The fourth-order valence-electron chi connectivity index (χ4n) is 1.02. The second-order valence-corrected chi connectivity index (χ2v) is 2.96. The van der Waals surface area contributed by atoms with E-state index >= 15 is 0 Å². The molecular weight excluding hydrogens is 226 g/mol. The number of carboxylic acid groups (broad SMARTS) is 1. The minimum Gasteiger partial charge on any atom is -0.478 e. The maximum absolute atomic E-state index is 10.8. The van der Waals surface area contributed by atoms with Crippen molar-refractivity contribution in [2.45, 2.75) is 0 Å². The standard InChI is InChI=1S/C10H9N3O4/c11-8(14)9(15)13-12-5-6-3-1-2-4-7(6)10(16)17/h1-5H,(H2,11,14)(H,13,15)(H,16,17)/b12-5-. The van der Waals surface area contributed by atoms with Crippen LogP contribution in [-0.2, 0) is 9.59 Å². The van der Waals surface area contributed by atoms with Crippen molar-refractivity contribution in [2.75, 3.05) is 0 Å². The van der Waals surface area contributed by atoms with Gasteiger partial charge in [-0.3, -0.25) is 9.59 Å². The summed E-state index contributed by atoms with van der Waals surface area (Å²) in [6.07, 6.45) is 1.12. The fraction of sp³-hybridized carbons (Fsp3) is 0. The number of aromatic carboxylic acids is 1. The van der Waals surface area contributed by atoms with Crippen LogP contribution in [0.25, 0.3) is 0 Å². The molecule has 7 heteroatoms. The van der Waals surface area contributed by atoms with Crippen molar-refractivity contribution in [1.29, 1.82) is 0 Å². The lowest BCUT2D eigenvalue weighted by molar-refractivity contribution is -0.137.